The summed E-state index contributed by atoms with van der Waals surface area (Å²) in [4.78, 5) is 7.59. The number of pyridine rings is 1. The van der Waals surface area contributed by atoms with Gasteiger partial charge in [-0.1, -0.05) is 18.2 Å². The summed E-state index contributed by atoms with van der Waals surface area (Å²) in [7, 11) is 0. The van der Waals surface area contributed by atoms with Crippen LogP contribution >= 0.6 is 12.4 Å². The van der Waals surface area contributed by atoms with Gasteiger partial charge in [0.15, 0.2) is 0 Å². The number of ether oxygens (including phenoxy) is 1. The fourth-order valence-corrected chi connectivity index (χ4v) is 3.38. The molecule has 4 nitrogen and oxygen atoms in total. The monoisotopic (exact) mass is 411 g/mol. The number of nitrogens with two attached hydrogens (primary N) is 1. The van der Waals surface area contributed by atoms with Crippen molar-refractivity contribution in [3.05, 3.63) is 84.1 Å². The van der Waals surface area contributed by atoms with E-state index in [1.165, 1.54) is 12.1 Å². The van der Waals surface area contributed by atoms with E-state index in [1.54, 1.807) is 18.5 Å². The van der Waals surface area contributed by atoms with Crippen LogP contribution in [0.4, 0.5) is 4.39 Å². The summed E-state index contributed by atoms with van der Waals surface area (Å²) in [6.45, 7) is 2.42. The van der Waals surface area contributed by atoms with E-state index in [4.69, 9.17) is 10.5 Å². The first-order chi connectivity index (χ1) is 13.6. The summed E-state index contributed by atoms with van der Waals surface area (Å²) in [6, 6.07) is 16.3. The molecule has 2 heterocycles. The molecule has 2 aromatic carbocycles. The Morgan fingerprint density at radius 1 is 1.07 bits per heavy atom. The van der Waals surface area contributed by atoms with Gasteiger partial charge in [-0.3, -0.25) is 4.98 Å². The van der Waals surface area contributed by atoms with Gasteiger partial charge in [0.25, 0.3) is 0 Å². The van der Waals surface area contributed by atoms with Crippen LogP contribution < -0.4 is 10.5 Å². The van der Waals surface area contributed by atoms with Crippen molar-refractivity contribution in [2.24, 2.45) is 5.73 Å². The SMILES string of the molecule is Cc1cc2c(OCC(N)Cc3cncc(-c4cccc(F)c4)c3)cccc2[nH]1.Cl. The molecule has 0 aliphatic rings. The smallest absolute Gasteiger partial charge is 0.128 e. The Bertz CT molecular complexity index is 1110. The molecule has 0 bridgehead atoms. The van der Waals surface area contributed by atoms with Gasteiger partial charge in [-0.25, -0.2) is 4.39 Å². The van der Waals surface area contributed by atoms with Crippen LogP contribution in [-0.2, 0) is 6.42 Å². The van der Waals surface area contributed by atoms with Gasteiger partial charge in [0.1, 0.15) is 18.2 Å². The van der Waals surface area contributed by atoms with Crippen molar-refractivity contribution in [2.45, 2.75) is 19.4 Å². The van der Waals surface area contributed by atoms with Crippen LogP contribution in [0.15, 0.2) is 67.0 Å². The number of rotatable bonds is 6. The molecule has 0 fully saturated rings. The number of hydrogen-bond donors (Lipinski definition) is 2. The number of fused-ring (bicyclic) bond motifs is 1. The van der Waals surface area contributed by atoms with E-state index in [2.05, 4.69) is 16.0 Å². The van der Waals surface area contributed by atoms with Crippen LogP contribution in [0.5, 0.6) is 5.75 Å². The molecular formula is C23H23ClFN3O. The molecule has 0 saturated carbocycles. The molecule has 0 aliphatic heterocycles. The number of aryl methyl sites for hydroxylation is 1. The third-order valence-corrected chi connectivity index (χ3v) is 4.66. The first-order valence-corrected chi connectivity index (χ1v) is 9.25. The fraction of sp³-hybridized carbons (Fsp3) is 0.174. The van der Waals surface area contributed by atoms with E-state index in [9.17, 15) is 4.39 Å². The van der Waals surface area contributed by atoms with Gasteiger partial charge in [-0.15, -0.1) is 12.4 Å². The van der Waals surface area contributed by atoms with Gasteiger partial charge in [0.2, 0.25) is 0 Å². The van der Waals surface area contributed by atoms with E-state index in [0.717, 1.165) is 39.0 Å². The van der Waals surface area contributed by atoms with Crippen molar-refractivity contribution < 1.29 is 9.13 Å². The number of nitrogens with one attached hydrogen (secondary N) is 1. The highest BCUT2D eigenvalue weighted by molar-refractivity contribution is 5.86. The first-order valence-electron chi connectivity index (χ1n) is 9.25. The molecule has 4 rings (SSSR count). The van der Waals surface area contributed by atoms with E-state index in [1.807, 2.05) is 37.3 Å². The molecular weight excluding hydrogens is 389 g/mol. The topological polar surface area (TPSA) is 63.9 Å². The number of H-pyrrole nitrogens is 1. The van der Waals surface area contributed by atoms with Crippen molar-refractivity contribution in [3.63, 3.8) is 0 Å². The Kier molecular flexibility index (Phi) is 6.52. The van der Waals surface area contributed by atoms with Crippen molar-refractivity contribution in [1.29, 1.82) is 0 Å². The van der Waals surface area contributed by atoms with E-state index < -0.39 is 0 Å². The third kappa shape index (κ3) is 4.94. The Morgan fingerprint density at radius 2 is 1.90 bits per heavy atom. The molecule has 1 unspecified atom stereocenters. The summed E-state index contributed by atoms with van der Waals surface area (Å²) in [5.41, 5.74) is 11.1. The molecule has 1 atom stereocenters. The lowest BCUT2D eigenvalue weighted by molar-refractivity contribution is 0.291. The van der Waals surface area contributed by atoms with Gasteiger partial charge in [0.05, 0.1) is 0 Å². The van der Waals surface area contributed by atoms with Crippen LogP contribution in [0, 0.1) is 12.7 Å². The van der Waals surface area contributed by atoms with Crippen LogP contribution in [0.1, 0.15) is 11.3 Å². The zero-order valence-corrected chi connectivity index (χ0v) is 16.9. The second kappa shape index (κ2) is 9.07. The zero-order valence-electron chi connectivity index (χ0n) is 16.1. The van der Waals surface area contributed by atoms with Crippen molar-refractivity contribution >= 4 is 23.3 Å². The molecule has 0 aliphatic carbocycles. The Labute approximate surface area is 175 Å². The third-order valence-electron chi connectivity index (χ3n) is 4.66. The second-order valence-electron chi connectivity index (χ2n) is 7.04. The normalized spacial score (nSPS) is 11.8. The highest BCUT2D eigenvalue weighted by Gasteiger charge is 2.10. The standard InChI is InChI=1S/C23H22FN3O.ClH/c1-15-8-21-22(27-15)6-3-7-23(21)28-14-20(25)10-16-9-18(13-26-12-16)17-4-2-5-19(24)11-17;/h2-9,11-13,20,27H,10,14,25H2,1H3;1H. The maximum atomic E-state index is 13.5. The highest BCUT2D eigenvalue weighted by atomic mass is 35.5. The molecule has 2 aromatic heterocycles. The number of nitrogens with zero attached hydrogens (tertiary/aromatic N) is 1. The number of aromatic nitrogens is 2. The van der Waals surface area contributed by atoms with Crippen LogP contribution in [-0.4, -0.2) is 22.6 Å². The lowest BCUT2D eigenvalue weighted by Crippen LogP contribution is -2.30. The van der Waals surface area contributed by atoms with Crippen LogP contribution in [0.2, 0.25) is 0 Å². The van der Waals surface area contributed by atoms with Gasteiger partial charge in [-0.2, -0.15) is 0 Å². The zero-order chi connectivity index (χ0) is 19.5. The second-order valence-corrected chi connectivity index (χ2v) is 7.04. The summed E-state index contributed by atoms with van der Waals surface area (Å²) >= 11 is 0. The maximum absolute atomic E-state index is 13.5. The molecule has 3 N–H and O–H groups in total. The van der Waals surface area contributed by atoms with E-state index in [0.29, 0.717) is 13.0 Å². The van der Waals surface area contributed by atoms with Crippen molar-refractivity contribution in [1.82, 2.24) is 9.97 Å². The average Bonchev–Trinajstić information content (AvgIpc) is 3.07. The van der Waals surface area contributed by atoms with E-state index in [-0.39, 0.29) is 24.3 Å². The molecule has 0 radical (unpaired) electrons. The Morgan fingerprint density at radius 3 is 2.72 bits per heavy atom. The summed E-state index contributed by atoms with van der Waals surface area (Å²) < 4.78 is 19.5. The minimum Gasteiger partial charge on any atom is -0.491 e. The van der Waals surface area contributed by atoms with Crippen molar-refractivity contribution in [2.75, 3.05) is 6.61 Å². The highest BCUT2D eigenvalue weighted by Crippen LogP contribution is 2.26. The number of aromatic amines is 1. The predicted molar refractivity (Wildman–Crippen MR) is 117 cm³/mol. The summed E-state index contributed by atoms with van der Waals surface area (Å²) in [5.74, 6) is 0.561. The summed E-state index contributed by atoms with van der Waals surface area (Å²) in [6.07, 6.45) is 4.15. The minimum atomic E-state index is -0.262. The van der Waals surface area contributed by atoms with Gasteiger partial charge in [-0.05, 0) is 60.9 Å². The average molecular weight is 412 g/mol. The van der Waals surface area contributed by atoms with Crippen LogP contribution in [0.3, 0.4) is 0 Å². The molecule has 150 valence electrons. The maximum Gasteiger partial charge on any atom is 0.128 e. The van der Waals surface area contributed by atoms with E-state index >= 15 is 0 Å². The quantitative estimate of drug-likeness (QED) is 0.466. The minimum absolute atomic E-state index is 0. The summed E-state index contributed by atoms with van der Waals surface area (Å²) in [5, 5.41) is 1.06. The predicted octanol–water partition coefficient (Wildman–Crippen LogP) is 5.05. The number of hydrogen-bond acceptors (Lipinski definition) is 3. The van der Waals surface area contributed by atoms with Gasteiger partial charge >= 0.3 is 0 Å². The van der Waals surface area contributed by atoms with Crippen LogP contribution in [0.25, 0.3) is 22.0 Å². The van der Waals surface area contributed by atoms with Crippen molar-refractivity contribution in [3.8, 4) is 16.9 Å². The largest absolute Gasteiger partial charge is 0.491 e. The fourth-order valence-electron chi connectivity index (χ4n) is 3.38. The Balaban J connectivity index is 0.00000240. The first kappa shape index (κ1) is 20.8. The number of benzene rings is 2. The lowest BCUT2D eigenvalue weighted by Gasteiger charge is -2.14. The lowest BCUT2D eigenvalue weighted by atomic mass is 10.0. The van der Waals surface area contributed by atoms with Gasteiger partial charge in [0, 0.05) is 40.6 Å². The molecule has 4 aromatic rings. The number of halogens is 2. The Hall–Kier alpha value is -2.89. The van der Waals surface area contributed by atoms with Gasteiger partial charge < -0.3 is 15.5 Å². The molecule has 29 heavy (non-hydrogen) atoms. The molecule has 0 saturated heterocycles. The molecule has 0 spiro atoms. The molecule has 0 amide bonds. The molecule has 6 heteroatoms.